The first-order valence-electron chi connectivity index (χ1n) is 8.84. The summed E-state index contributed by atoms with van der Waals surface area (Å²) in [4.78, 5) is 27.6. The third-order valence-corrected chi connectivity index (χ3v) is 7.76. The molecule has 0 spiro atoms. The number of thioether (sulfide) groups is 1. The average Bonchev–Trinajstić information content (AvgIpc) is 3.38. The number of benzene rings is 1. The maximum Gasteiger partial charge on any atom is 0.263 e. The largest absolute Gasteiger partial charge is 0.282 e. The first kappa shape index (κ1) is 18.1. The Labute approximate surface area is 176 Å². The van der Waals surface area contributed by atoms with Crippen LogP contribution in [0, 0.1) is 0 Å². The number of thiophene rings is 1. The van der Waals surface area contributed by atoms with Crippen LogP contribution >= 0.6 is 39.0 Å². The van der Waals surface area contributed by atoms with Gasteiger partial charge in [0.2, 0.25) is 10.9 Å². The summed E-state index contributed by atoms with van der Waals surface area (Å²) in [5.41, 5.74) is 1.81. The molecule has 9 heteroatoms. The first-order chi connectivity index (χ1) is 13.5. The normalized spacial score (nSPS) is 13.5. The summed E-state index contributed by atoms with van der Waals surface area (Å²) >= 11 is 6.24. The van der Waals surface area contributed by atoms with Gasteiger partial charge in [0.25, 0.3) is 5.56 Å². The minimum atomic E-state index is -0.0148. The van der Waals surface area contributed by atoms with E-state index in [1.54, 1.807) is 35.1 Å². The number of rotatable bonds is 3. The molecular formula is C19H15BrN4O2S2. The fraction of sp³-hybridized carbons (Fsp3) is 0.263. The highest BCUT2D eigenvalue weighted by molar-refractivity contribution is 9.10. The average molecular weight is 475 g/mol. The monoisotopic (exact) mass is 474 g/mol. The second kappa shape index (κ2) is 6.82. The number of carbonyl (C=O) groups is 1. The molecule has 0 saturated carbocycles. The lowest BCUT2D eigenvalue weighted by atomic mass is 10.2. The Morgan fingerprint density at radius 3 is 2.82 bits per heavy atom. The van der Waals surface area contributed by atoms with Gasteiger partial charge in [-0.2, -0.15) is 0 Å². The SMILES string of the molecule is Cn1c(=O)c2c3c(sc2n2c(CSC(=O)c4ccc(Br)cc4)nnc12)CCC3. The summed E-state index contributed by atoms with van der Waals surface area (Å²) in [7, 11) is 1.73. The molecule has 0 N–H and O–H groups in total. The third kappa shape index (κ3) is 2.75. The van der Waals surface area contributed by atoms with Gasteiger partial charge in [0.1, 0.15) is 10.7 Å². The van der Waals surface area contributed by atoms with Crippen LogP contribution < -0.4 is 5.56 Å². The molecule has 28 heavy (non-hydrogen) atoms. The molecule has 0 radical (unpaired) electrons. The van der Waals surface area contributed by atoms with E-state index in [-0.39, 0.29) is 10.7 Å². The Morgan fingerprint density at radius 2 is 2.04 bits per heavy atom. The van der Waals surface area contributed by atoms with E-state index >= 15 is 0 Å². The van der Waals surface area contributed by atoms with E-state index in [0.717, 1.165) is 34.0 Å². The van der Waals surface area contributed by atoms with Gasteiger partial charge < -0.3 is 0 Å². The number of fused-ring (bicyclic) bond motifs is 5. The third-order valence-electron chi connectivity index (χ3n) is 5.05. The second-order valence-corrected chi connectivity index (χ2v) is 9.68. The second-order valence-electron chi connectivity index (χ2n) is 6.74. The molecule has 3 heterocycles. The van der Waals surface area contributed by atoms with Crippen LogP contribution in [0.5, 0.6) is 0 Å². The van der Waals surface area contributed by atoms with Crippen molar-refractivity contribution in [2.45, 2.75) is 25.0 Å². The topological polar surface area (TPSA) is 69.3 Å². The molecule has 0 unspecified atom stereocenters. The van der Waals surface area contributed by atoms with Crippen molar-refractivity contribution in [3.05, 3.63) is 60.9 Å². The van der Waals surface area contributed by atoms with Crippen molar-refractivity contribution in [3.63, 3.8) is 0 Å². The lowest BCUT2D eigenvalue weighted by Crippen LogP contribution is -2.20. The number of aryl methyl sites for hydroxylation is 3. The van der Waals surface area contributed by atoms with E-state index < -0.39 is 0 Å². The Morgan fingerprint density at radius 1 is 1.25 bits per heavy atom. The van der Waals surface area contributed by atoms with Gasteiger partial charge in [-0.1, -0.05) is 27.7 Å². The Bertz CT molecular complexity index is 1300. The zero-order chi connectivity index (χ0) is 19.4. The smallest absolute Gasteiger partial charge is 0.263 e. The van der Waals surface area contributed by atoms with Crippen LogP contribution in [-0.2, 0) is 25.6 Å². The number of aromatic nitrogens is 4. The molecule has 1 aromatic carbocycles. The van der Waals surface area contributed by atoms with Crippen LogP contribution in [0.1, 0.15) is 33.0 Å². The first-order valence-corrected chi connectivity index (χ1v) is 11.4. The molecule has 142 valence electrons. The maximum atomic E-state index is 12.9. The highest BCUT2D eigenvalue weighted by atomic mass is 79.9. The predicted molar refractivity (Wildman–Crippen MR) is 115 cm³/mol. The van der Waals surface area contributed by atoms with Gasteiger partial charge >= 0.3 is 0 Å². The van der Waals surface area contributed by atoms with Gasteiger partial charge in [-0.25, -0.2) is 0 Å². The Balaban J connectivity index is 1.56. The van der Waals surface area contributed by atoms with Gasteiger partial charge in [-0.15, -0.1) is 21.5 Å². The summed E-state index contributed by atoms with van der Waals surface area (Å²) in [6, 6.07) is 7.31. The number of halogens is 1. The summed E-state index contributed by atoms with van der Waals surface area (Å²) in [6.07, 6.45) is 3.07. The molecule has 1 aliphatic carbocycles. The predicted octanol–water partition coefficient (Wildman–Crippen LogP) is 3.97. The van der Waals surface area contributed by atoms with Crippen LogP contribution in [0.4, 0.5) is 0 Å². The molecule has 0 saturated heterocycles. The van der Waals surface area contributed by atoms with E-state index in [0.29, 0.717) is 22.9 Å². The number of carbonyl (C=O) groups excluding carboxylic acids is 1. The van der Waals surface area contributed by atoms with E-state index in [4.69, 9.17) is 0 Å². The van der Waals surface area contributed by atoms with Crippen LogP contribution in [0.25, 0.3) is 16.0 Å². The lowest BCUT2D eigenvalue weighted by Gasteiger charge is -2.06. The van der Waals surface area contributed by atoms with Crippen LogP contribution in [0.2, 0.25) is 0 Å². The zero-order valence-electron chi connectivity index (χ0n) is 14.9. The number of hydrogen-bond donors (Lipinski definition) is 0. The molecule has 0 bridgehead atoms. The van der Waals surface area contributed by atoms with Crippen molar-refractivity contribution < 1.29 is 4.79 Å². The zero-order valence-corrected chi connectivity index (χ0v) is 18.2. The molecule has 0 fully saturated rings. The molecule has 3 aromatic heterocycles. The van der Waals surface area contributed by atoms with Gasteiger partial charge in [0, 0.05) is 22.0 Å². The summed E-state index contributed by atoms with van der Waals surface area (Å²) in [5, 5.41) is 9.29. The minimum absolute atomic E-state index is 0.0144. The Hall–Kier alpha value is -1.97. The quantitative estimate of drug-likeness (QED) is 0.449. The fourth-order valence-electron chi connectivity index (χ4n) is 3.65. The number of nitrogens with zero attached hydrogens (tertiary/aromatic N) is 4. The number of hydrogen-bond acceptors (Lipinski definition) is 6. The molecular weight excluding hydrogens is 460 g/mol. The summed E-state index contributed by atoms with van der Waals surface area (Å²) < 4.78 is 4.44. The molecule has 6 nitrogen and oxygen atoms in total. The molecule has 0 aliphatic heterocycles. The van der Waals surface area contributed by atoms with Crippen molar-refractivity contribution in [1.29, 1.82) is 0 Å². The fourth-order valence-corrected chi connectivity index (χ4v) is 6.06. The van der Waals surface area contributed by atoms with Crippen molar-refractivity contribution in [2.75, 3.05) is 0 Å². The van der Waals surface area contributed by atoms with Crippen molar-refractivity contribution in [1.82, 2.24) is 19.2 Å². The van der Waals surface area contributed by atoms with E-state index in [1.165, 1.54) is 22.2 Å². The standard InChI is InChI=1S/C19H15BrN4O2S2/c1-23-16(25)15-12-3-2-4-13(12)28-17(15)24-14(21-22-19(23)24)9-27-18(26)10-5-7-11(20)8-6-10/h5-8H,2-4,9H2,1H3. The summed E-state index contributed by atoms with van der Waals surface area (Å²) in [6.45, 7) is 0. The van der Waals surface area contributed by atoms with E-state index in [9.17, 15) is 9.59 Å². The maximum absolute atomic E-state index is 12.9. The molecule has 0 atom stereocenters. The van der Waals surface area contributed by atoms with Crippen molar-refractivity contribution >= 4 is 60.1 Å². The Kier molecular flexibility index (Phi) is 4.41. The van der Waals surface area contributed by atoms with Crippen LogP contribution in [-0.4, -0.2) is 24.3 Å². The van der Waals surface area contributed by atoms with Crippen molar-refractivity contribution in [2.24, 2.45) is 7.05 Å². The minimum Gasteiger partial charge on any atom is -0.282 e. The molecule has 4 aromatic rings. The van der Waals surface area contributed by atoms with Crippen molar-refractivity contribution in [3.8, 4) is 0 Å². The highest BCUT2D eigenvalue weighted by Crippen LogP contribution is 2.36. The van der Waals surface area contributed by atoms with Gasteiger partial charge in [-0.3, -0.25) is 18.6 Å². The van der Waals surface area contributed by atoms with E-state index in [2.05, 4.69) is 26.1 Å². The van der Waals surface area contributed by atoms with Crippen LogP contribution in [0.3, 0.4) is 0 Å². The van der Waals surface area contributed by atoms with Gasteiger partial charge in [-0.05, 0) is 49.1 Å². The lowest BCUT2D eigenvalue weighted by molar-refractivity contribution is 0.108. The van der Waals surface area contributed by atoms with Crippen LogP contribution in [0.15, 0.2) is 33.5 Å². The molecule has 5 rings (SSSR count). The molecule has 1 aliphatic rings. The van der Waals surface area contributed by atoms with E-state index in [1.807, 2.05) is 16.5 Å². The van der Waals surface area contributed by atoms with Gasteiger partial charge in [0.15, 0.2) is 0 Å². The highest BCUT2D eigenvalue weighted by Gasteiger charge is 2.25. The van der Waals surface area contributed by atoms with Gasteiger partial charge in [0.05, 0.1) is 11.1 Å². The molecule has 0 amide bonds. The summed E-state index contributed by atoms with van der Waals surface area (Å²) in [5.74, 6) is 1.60.